The minimum atomic E-state index is -0.942. The Morgan fingerprint density at radius 1 is 1.29 bits per heavy atom. The van der Waals surface area contributed by atoms with E-state index in [1.807, 2.05) is 32.0 Å². The van der Waals surface area contributed by atoms with Gasteiger partial charge in [0.1, 0.15) is 0 Å². The van der Waals surface area contributed by atoms with E-state index in [0.717, 1.165) is 16.7 Å². The molecule has 2 N–H and O–H groups in total. The van der Waals surface area contributed by atoms with Crippen LogP contribution >= 0.6 is 0 Å². The Morgan fingerprint density at radius 2 is 2.00 bits per heavy atom. The van der Waals surface area contributed by atoms with Crippen LogP contribution in [0.3, 0.4) is 0 Å². The van der Waals surface area contributed by atoms with E-state index in [4.69, 9.17) is 5.11 Å². The number of aliphatic carboxylic acids is 1. The summed E-state index contributed by atoms with van der Waals surface area (Å²) in [4.78, 5) is 34.7. The predicted octanol–water partition coefficient (Wildman–Crippen LogP) is 1.84. The average molecular weight is 289 g/mol. The van der Waals surface area contributed by atoms with Crippen molar-refractivity contribution < 1.29 is 19.5 Å². The van der Waals surface area contributed by atoms with Gasteiger partial charge < -0.3 is 5.11 Å². The van der Waals surface area contributed by atoms with Crippen molar-refractivity contribution in [3.63, 3.8) is 0 Å². The quantitative estimate of drug-likeness (QED) is 0.828. The van der Waals surface area contributed by atoms with Crippen LogP contribution in [0.2, 0.25) is 0 Å². The van der Waals surface area contributed by atoms with Crippen molar-refractivity contribution >= 4 is 17.8 Å². The first kappa shape index (κ1) is 15.2. The highest BCUT2D eigenvalue weighted by Gasteiger charge is 2.44. The number of amides is 2. The fourth-order valence-corrected chi connectivity index (χ4v) is 2.77. The zero-order valence-corrected chi connectivity index (χ0v) is 12.2. The molecule has 1 heterocycles. The number of hydrogen-bond acceptors (Lipinski definition) is 3. The van der Waals surface area contributed by atoms with Crippen LogP contribution in [-0.2, 0) is 19.8 Å². The molecular weight excluding hydrogens is 270 g/mol. The van der Waals surface area contributed by atoms with Crippen LogP contribution in [0, 0.1) is 13.8 Å². The van der Waals surface area contributed by atoms with Gasteiger partial charge in [-0.1, -0.05) is 18.2 Å². The van der Waals surface area contributed by atoms with E-state index in [9.17, 15) is 14.4 Å². The van der Waals surface area contributed by atoms with Crippen LogP contribution in [0.1, 0.15) is 42.4 Å². The van der Waals surface area contributed by atoms with Crippen LogP contribution < -0.4 is 5.32 Å². The SMILES string of the molecule is Cc1ccc([C@]2(CCC(=O)O)CCC(=O)NC2=O)cc1C. The van der Waals surface area contributed by atoms with Gasteiger partial charge in [0, 0.05) is 12.8 Å². The van der Waals surface area contributed by atoms with Crippen molar-refractivity contribution in [2.24, 2.45) is 0 Å². The lowest BCUT2D eigenvalue weighted by molar-refractivity contribution is -0.139. The first-order valence-electron chi connectivity index (χ1n) is 6.99. The van der Waals surface area contributed by atoms with Gasteiger partial charge in [-0.05, 0) is 43.4 Å². The van der Waals surface area contributed by atoms with Crippen LogP contribution in [0.4, 0.5) is 0 Å². The molecule has 1 fully saturated rings. The predicted molar refractivity (Wildman–Crippen MR) is 76.8 cm³/mol. The van der Waals surface area contributed by atoms with Crippen molar-refractivity contribution in [1.82, 2.24) is 5.32 Å². The zero-order valence-electron chi connectivity index (χ0n) is 12.2. The Balaban J connectivity index is 2.44. The molecule has 0 spiro atoms. The highest BCUT2D eigenvalue weighted by atomic mass is 16.4. The standard InChI is InChI=1S/C16H19NO4/c1-10-3-4-12(9-11(10)2)16(8-6-14(19)20)7-5-13(18)17-15(16)21/h3-4,9H,5-8H2,1-2H3,(H,19,20)(H,17,18,21)/t16-/m1/s1. The Labute approximate surface area is 123 Å². The molecule has 0 aliphatic carbocycles. The molecule has 1 aromatic carbocycles. The third-order valence-electron chi connectivity index (χ3n) is 4.29. The van der Waals surface area contributed by atoms with E-state index in [1.54, 1.807) is 0 Å². The van der Waals surface area contributed by atoms with Crippen molar-refractivity contribution in [2.75, 3.05) is 0 Å². The molecule has 1 aromatic rings. The number of nitrogens with one attached hydrogen (secondary N) is 1. The fourth-order valence-electron chi connectivity index (χ4n) is 2.77. The number of imide groups is 1. The number of carboxylic acids is 1. The summed E-state index contributed by atoms with van der Waals surface area (Å²) in [6, 6.07) is 5.71. The molecule has 5 heteroatoms. The van der Waals surface area contributed by atoms with Crippen LogP contribution in [0.15, 0.2) is 18.2 Å². The van der Waals surface area contributed by atoms with E-state index in [0.29, 0.717) is 6.42 Å². The van der Waals surface area contributed by atoms with Gasteiger partial charge >= 0.3 is 5.97 Å². The Hall–Kier alpha value is -2.17. The van der Waals surface area contributed by atoms with Gasteiger partial charge in [0.2, 0.25) is 11.8 Å². The maximum absolute atomic E-state index is 12.4. The number of aryl methyl sites for hydroxylation is 2. The average Bonchev–Trinajstić information content (AvgIpc) is 2.41. The number of carboxylic acid groups (broad SMARTS) is 1. The molecule has 1 aliphatic rings. The molecule has 5 nitrogen and oxygen atoms in total. The summed E-state index contributed by atoms with van der Waals surface area (Å²) < 4.78 is 0. The van der Waals surface area contributed by atoms with Gasteiger partial charge in [0.15, 0.2) is 0 Å². The molecule has 112 valence electrons. The highest BCUT2D eigenvalue weighted by molar-refractivity contribution is 6.03. The van der Waals surface area contributed by atoms with Gasteiger partial charge in [0.25, 0.3) is 0 Å². The molecular formula is C16H19NO4. The van der Waals surface area contributed by atoms with Crippen molar-refractivity contribution in [1.29, 1.82) is 0 Å². The summed E-state index contributed by atoms with van der Waals surface area (Å²) in [6.45, 7) is 3.93. The molecule has 0 unspecified atom stereocenters. The van der Waals surface area contributed by atoms with Crippen LogP contribution in [-0.4, -0.2) is 22.9 Å². The molecule has 0 saturated carbocycles. The monoisotopic (exact) mass is 289 g/mol. The lowest BCUT2D eigenvalue weighted by Gasteiger charge is -2.36. The van der Waals surface area contributed by atoms with Gasteiger partial charge in [-0.15, -0.1) is 0 Å². The maximum atomic E-state index is 12.4. The summed E-state index contributed by atoms with van der Waals surface area (Å²) >= 11 is 0. The van der Waals surface area contributed by atoms with Crippen molar-refractivity contribution in [3.8, 4) is 0 Å². The second-order valence-corrected chi connectivity index (χ2v) is 5.65. The fraction of sp³-hybridized carbons (Fsp3) is 0.438. The van der Waals surface area contributed by atoms with Crippen LogP contribution in [0.25, 0.3) is 0 Å². The molecule has 0 aromatic heterocycles. The Bertz CT molecular complexity index is 608. The largest absolute Gasteiger partial charge is 0.481 e. The second kappa shape index (κ2) is 5.68. The molecule has 1 aliphatic heterocycles. The van der Waals surface area contributed by atoms with E-state index < -0.39 is 11.4 Å². The minimum absolute atomic E-state index is 0.103. The van der Waals surface area contributed by atoms with E-state index >= 15 is 0 Å². The molecule has 1 saturated heterocycles. The summed E-state index contributed by atoms with van der Waals surface area (Å²) in [6.07, 6.45) is 0.685. The number of carbonyl (C=O) groups excluding carboxylic acids is 2. The molecule has 2 amide bonds. The highest BCUT2D eigenvalue weighted by Crippen LogP contribution is 2.37. The Morgan fingerprint density at radius 3 is 2.57 bits per heavy atom. The third kappa shape index (κ3) is 2.96. The van der Waals surface area contributed by atoms with Gasteiger partial charge in [-0.2, -0.15) is 0 Å². The number of rotatable bonds is 4. The topological polar surface area (TPSA) is 83.5 Å². The molecule has 0 bridgehead atoms. The molecule has 0 radical (unpaired) electrons. The first-order chi connectivity index (χ1) is 9.85. The lowest BCUT2D eigenvalue weighted by atomic mass is 9.70. The first-order valence-corrected chi connectivity index (χ1v) is 6.99. The van der Waals surface area contributed by atoms with E-state index in [1.165, 1.54) is 0 Å². The van der Waals surface area contributed by atoms with Crippen molar-refractivity contribution in [3.05, 3.63) is 34.9 Å². The van der Waals surface area contributed by atoms with Gasteiger partial charge in [-0.3, -0.25) is 19.7 Å². The summed E-state index contributed by atoms with van der Waals surface area (Å²) in [5.41, 5.74) is 2.02. The minimum Gasteiger partial charge on any atom is -0.481 e. The zero-order chi connectivity index (χ0) is 15.6. The number of benzene rings is 1. The lowest BCUT2D eigenvalue weighted by Crippen LogP contribution is -2.51. The smallest absolute Gasteiger partial charge is 0.303 e. The number of carbonyl (C=O) groups is 3. The van der Waals surface area contributed by atoms with Gasteiger partial charge in [-0.25, -0.2) is 0 Å². The normalized spacial score (nSPS) is 22.0. The maximum Gasteiger partial charge on any atom is 0.303 e. The number of piperidine rings is 1. The molecule has 21 heavy (non-hydrogen) atoms. The summed E-state index contributed by atoms with van der Waals surface area (Å²) in [5.74, 6) is -1.62. The van der Waals surface area contributed by atoms with Gasteiger partial charge in [0.05, 0.1) is 5.41 Å². The van der Waals surface area contributed by atoms with Crippen molar-refractivity contribution in [2.45, 2.75) is 44.9 Å². The van der Waals surface area contributed by atoms with Crippen LogP contribution in [0.5, 0.6) is 0 Å². The third-order valence-corrected chi connectivity index (χ3v) is 4.29. The Kier molecular flexibility index (Phi) is 4.11. The molecule has 2 rings (SSSR count). The number of hydrogen-bond donors (Lipinski definition) is 2. The molecule has 1 atom stereocenters. The van der Waals surface area contributed by atoms with E-state index in [2.05, 4.69) is 5.32 Å². The van der Waals surface area contributed by atoms with E-state index in [-0.39, 0.29) is 31.1 Å². The second-order valence-electron chi connectivity index (χ2n) is 5.65. The summed E-state index contributed by atoms with van der Waals surface area (Å²) in [7, 11) is 0. The summed E-state index contributed by atoms with van der Waals surface area (Å²) in [5, 5.41) is 11.3.